The lowest BCUT2D eigenvalue weighted by atomic mass is 9.66. The van der Waals surface area contributed by atoms with Crippen molar-refractivity contribution >= 4 is 5.57 Å². The maximum atomic E-state index is 4.32. The van der Waals surface area contributed by atoms with Gasteiger partial charge in [-0.25, -0.2) is 0 Å². The maximum absolute atomic E-state index is 4.32. The van der Waals surface area contributed by atoms with Gasteiger partial charge in [-0.1, -0.05) is 133 Å². The van der Waals surface area contributed by atoms with E-state index in [4.69, 9.17) is 0 Å². The smallest absolute Gasteiger partial charge is 0.0179 e. The second-order valence-electron chi connectivity index (χ2n) is 8.81. The molecule has 0 amide bonds. The van der Waals surface area contributed by atoms with E-state index < -0.39 is 0 Å². The largest absolute Gasteiger partial charge is 0.0906 e. The summed E-state index contributed by atoms with van der Waals surface area (Å²) in [6.45, 7) is 13.7. The molecule has 0 radical (unpaired) electrons. The van der Waals surface area contributed by atoms with Crippen LogP contribution in [0, 0.1) is 5.41 Å². The van der Waals surface area contributed by atoms with Crippen LogP contribution >= 0.6 is 0 Å². The zero-order chi connectivity index (χ0) is 20.2. The summed E-state index contributed by atoms with van der Waals surface area (Å²) in [5, 5.41) is 0. The van der Waals surface area contributed by atoms with Gasteiger partial charge in [-0.05, 0) is 39.7 Å². The Balaban J connectivity index is 0.00000300. The average molecular weight is 385 g/mol. The minimum absolute atomic E-state index is 0. The lowest BCUT2D eigenvalue weighted by molar-refractivity contribution is 0.260. The Hall–Kier alpha value is -2.60. The molecule has 1 unspecified atom stereocenters. The van der Waals surface area contributed by atoms with E-state index in [0.29, 0.717) is 0 Å². The van der Waals surface area contributed by atoms with Crippen molar-refractivity contribution in [3.05, 3.63) is 114 Å². The highest BCUT2D eigenvalue weighted by atomic mass is 14.4. The fourth-order valence-corrected chi connectivity index (χ4v) is 4.10. The molecule has 0 bridgehead atoms. The fraction of sp³-hybridized carbons (Fsp3) is 0.310. The van der Waals surface area contributed by atoms with Crippen LogP contribution in [0.5, 0.6) is 0 Å². The fourth-order valence-electron chi connectivity index (χ4n) is 4.10. The standard InChI is InChI=1S/C28H32.CH4/c1-6-27(3,4)21-28(5,25-15-11-8-12-16-25)26-19-17-24(18-20-26)22(2)23-13-9-7-10-14-23;/h7-20H,2,6,21H2,1,3-5H3;1H4. The summed E-state index contributed by atoms with van der Waals surface area (Å²) in [7, 11) is 0. The minimum atomic E-state index is -0.0205. The molecule has 152 valence electrons. The average Bonchev–Trinajstić information content (AvgIpc) is 2.74. The third-order valence-electron chi connectivity index (χ3n) is 6.19. The van der Waals surface area contributed by atoms with Gasteiger partial charge in [0.05, 0.1) is 0 Å². The SMILES string of the molecule is C.C=C(c1ccccc1)c1ccc(C(C)(CC(C)(C)CC)c2ccccc2)cc1. The molecule has 0 heterocycles. The Morgan fingerprint density at radius 1 is 0.690 bits per heavy atom. The zero-order valence-electron chi connectivity index (χ0n) is 17.7. The summed E-state index contributed by atoms with van der Waals surface area (Å²) >= 11 is 0. The summed E-state index contributed by atoms with van der Waals surface area (Å²) in [6, 6.07) is 30.4. The second kappa shape index (κ2) is 9.27. The van der Waals surface area contributed by atoms with Crippen molar-refractivity contribution in [3.8, 4) is 0 Å². The van der Waals surface area contributed by atoms with Crippen molar-refractivity contribution < 1.29 is 0 Å². The summed E-state index contributed by atoms with van der Waals surface area (Å²) in [5.74, 6) is 0. The number of benzene rings is 3. The molecule has 0 fully saturated rings. The molecule has 3 rings (SSSR count). The van der Waals surface area contributed by atoms with Crippen molar-refractivity contribution in [2.75, 3.05) is 0 Å². The predicted molar refractivity (Wildman–Crippen MR) is 129 cm³/mol. The third kappa shape index (κ3) is 5.07. The van der Waals surface area contributed by atoms with Crippen LogP contribution in [0.1, 0.15) is 70.2 Å². The maximum Gasteiger partial charge on any atom is 0.0179 e. The van der Waals surface area contributed by atoms with Gasteiger partial charge in [0, 0.05) is 5.41 Å². The molecule has 0 N–H and O–H groups in total. The van der Waals surface area contributed by atoms with Crippen LogP contribution in [-0.2, 0) is 5.41 Å². The predicted octanol–water partition coefficient (Wildman–Crippen LogP) is 8.52. The van der Waals surface area contributed by atoms with E-state index in [9.17, 15) is 0 Å². The highest BCUT2D eigenvalue weighted by Gasteiger charge is 2.34. The first-order valence-corrected chi connectivity index (χ1v) is 10.3. The first-order valence-electron chi connectivity index (χ1n) is 10.3. The van der Waals surface area contributed by atoms with Crippen molar-refractivity contribution in [2.24, 2.45) is 5.41 Å². The van der Waals surface area contributed by atoms with E-state index in [0.717, 1.165) is 12.0 Å². The Morgan fingerprint density at radius 2 is 1.14 bits per heavy atom. The van der Waals surface area contributed by atoms with E-state index >= 15 is 0 Å². The van der Waals surface area contributed by atoms with Crippen LogP contribution in [-0.4, -0.2) is 0 Å². The third-order valence-corrected chi connectivity index (χ3v) is 6.19. The molecule has 0 nitrogen and oxygen atoms in total. The molecular weight excluding hydrogens is 348 g/mol. The monoisotopic (exact) mass is 384 g/mol. The van der Waals surface area contributed by atoms with E-state index in [1.54, 1.807) is 0 Å². The van der Waals surface area contributed by atoms with Crippen LogP contribution < -0.4 is 0 Å². The second-order valence-corrected chi connectivity index (χ2v) is 8.81. The highest BCUT2D eigenvalue weighted by Crippen LogP contribution is 2.43. The number of hydrogen-bond donors (Lipinski definition) is 0. The quantitative estimate of drug-likeness (QED) is 0.383. The summed E-state index contributed by atoms with van der Waals surface area (Å²) in [5.41, 5.74) is 6.43. The molecule has 0 aliphatic heterocycles. The normalized spacial score (nSPS) is 13.2. The first kappa shape index (κ1) is 22.7. The van der Waals surface area contributed by atoms with E-state index in [-0.39, 0.29) is 18.3 Å². The Labute approximate surface area is 178 Å². The Kier molecular flexibility index (Phi) is 7.25. The summed E-state index contributed by atoms with van der Waals surface area (Å²) < 4.78 is 0. The Morgan fingerprint density at radius 3 is 1.66 bits per heavy atom. The number of rotatable bonds is 7. The topological polar surface area (TPSA) is 0 Å². The van der Waals surface area contributed by atoms with Crippen LogP contribution in [0.2, 0.25) is 0 Å². The lowest BCUT2D eigenvalue weighted by Gasteiger charge is -2.38. The van der Waals surface area contributed by atoms with Gasteiger partial charge in [-0.2, -0.15) is 0 Å². The van der Waals surface area contributed by atoms with E-state index in [1.165, 1.54) is 28.7 Å². The number of hydrogen-bond acceptors (Lipinski definition) is 0. The minimum Gasteiger partial charge on any atom is -0.0906 e. The van der Waals surface area contributed by atoms with E-state index in [2.05, 4.69) is 113 Å². The highest BCUT2D eigenvalue weighted by molar-refractivity contribution is 5.78. The van der Waals surface area contributed by atoms with Crippen LogP contribution in [0.4, 0.5) is 0 Å². The molecule has 3 aromatic carbocycles. The van der Waals surface area contributed by atoms with E-state index in [1.807, 2.05) is 6.07 Å². The molecule has 0 saturated carbocycles. The lowest BCUT2D eigenvalue weighted by Crippen LogP contribution is -2.30. The van der Waals surface area contributed by atoms with Crippen molar-refractivity contribution in [1.29, 1.82) is 0 Å². The molecule has 29 heavy (non-hydrogen) atoms. The molecule has 3 aromatic rings. The summed E-state index contributed by atoms with van der Waals surface area (Å²) in [6.07, 6.45) is 2.28. The van der Waals surface area contributed by atoms with Gasteiger partial charge in [0.2, 0.25) is 0 Å². The Bertz CT molecular complexity index is 901. The van der Waals surface area contributed by atoms with Gasteiger partial charge < -0.3 is 0 Å². The van der Waals surface area contributed by atoms with Crippen molar-refractivity contribution in [1.82, 2.24) is 0 Å². The van der Waals surface area contributed by atoms with Gasteiger partial charge in [0.25, 0.3) is 0 Å². The van der Waals surface area contributed by atoms with Crippen molar-refractivity contribution in [3.63, 3.8) is 0 Å². The van der Waals surface area contributed by atoms with Gasteiger partial charge in [-0.15, -0.1) is 0 Å². The molecule has 0 heteroatoms. The van der Waals surface area contributed by atoms with Gasteiger partial charge in [0.1, 0.15) is 0 Å². The molecule has 0 saturated heterocycles. The van der Waals surface area contributed by atoms with Crippen LogP contribution in [0.25, 0.3) is 5.57 Å². The molecule has 0 aromatic heterocycles. The first-order chi connectivity index (χ1) is 13.4. The molecule has 0 aliphatic rings. The molecule has 0 aliphatic carbocycles. The van der Waals surface area contributed by atoms with Crippen LogP contribution in [0.3, 0.4) is 0 Å². The van der Waals surface area contributed by atoms with Gasteiger partial charge >= 0.3 is 0 Å². The van der Waals surface area contributed by atoms with Gasteiger partial charge in [0.15, 0.2) is 0 Å². The zero-order valence-corrected chi connectivity index (χ0v) is 17.7. The summed E-state index contributed by atoms with van der Waals surface area (Å²) in [4.78, 5) is 0. The van der Waals surface area contributed by atoms with Gasteiger partial charge in [-0.3, -0.25) is 0 Å². The van der Waals surface area contributed by atoms with Crippen LogP contribution in [0.15, 0.2) is 91.5 Å². The van der Waals surface area contributed by atoms with Crippen molar-refractivity contribution in [2.45, 2.75) is 53.4 Å². The molecule has 0 spiro atoms. The molecular formula is C29H36. The molecule has 1 atom stereocenters.